The molecule has 29 heavy (non-hydrogen) atoms. The monoisotopic (exact) mass is 390 g/mol. The first-order valence-electron chi connectivity index (χ1n) is 10.3. The van der Waals surface area contributed by atoms with Gasteiger partial charge in [-0.1, -0.05) is 60.7 Å². The largest absolute Gasteiger partial charge is 0.383 e. The molecule has 1 aliphatic heterocycles. The summed E-state index contributed by atoms with van der Waals surface area (Å²) >= 11 is 0. The molecule has 3 aromatic rings. The Balaban J connectivity index is 1.44. The number of likely N-dealkylation sites (N-methyl/N-ethyl adjacent to an activating group) is 1. The van der Waals surface area contributed by atoms with E-state index in [9.17, 15) is 5.11 Å². The van der Waals surface area contributed by atoms with Gasteiger partial charge >= 0.3 is 0 Å². The third-order valence-corrected chi connectivity index (χ3v) is 5.97. The van der Waals surface area contributed by atoms with Gasteiger partial charge < -0.3 is 10.0 Å². The van der Waals surface area contributed by atoms with Crippen LogP contribution in [0.4, 0.5) is 0 Å². The molecule has 0 aliphatic carbocycles. The van der Waals surface area contributed by atoms with Crippen LogP contribution in [0.25, 0.3) is 0 Å². The molecule has 152 valence electrons. The number of hydrogen-bond donors (Lipinski definition) is 1. The third-order valence-electron chi connectivity index (χ3n) is 5.97. The summed E-state index contributed by atoms with van der Waals surface area (Å²) in [6.45, 7) is 3.32. The fourth-order valence-corrected chi connectivity index (χ4v) is 4.38. The van der Waals surface area contributed by atoms with E-state index in [-0.39, 0.29) is 6.04 Å². The van der Waals surface area contributed by atoms with E-state index in [0.29, 0.717) is 0 Å². The number of rotatable bonds is 6. The summed E-state index contributed by atoms with van der Waals surface area (Å²) in [6.07, 6.45) is 4.82. The van der Waals surface area contributed by atoms with E-state index in [1.165, 1.54) is 11.1 Å². The van der Waals surface area contributed by atoms with Gasteiger partial charge in [-0.2, -0.15) is 5.10 Å². The molecular weight excluding hydrogens is 360 g/mol. The number of piperidine rings is 1. The van der Waals surface area contributed by atoms with Gasteiger partial charge in [0.15, 0.2) is 0 Å². The van der Waals surface area contributed by atoms with Crippen molar-refractivity contribution in [2.75, 3.05) is 27.2 Å². The number of aromatic nitrogens is 2. The van der Waals surface area contributed by atoms with Crippen LogP contribution in [-0.4, -0.2) is 57.9 Å². The van der Waals surface area contributed by atoms with Gasteiger partial charge in [-0.15, -0.1) is 0 Å². The molecule has 5 heteroatoms. The molecule has 5 nitrogen and oxygen atoms in total. The molecule has 2 atom stereocenters. The Morgan fingerprint density at radius 1 is 1.00 bits per heavy atom. The van der Waals surface area contributed by atoms with Gasteiger partial charge in [-0.05, 0) is 31.6 Å². The van der Waals surface area contributed by atoms with Crippen molar-refractivity contribution in [3.63, 3.8) is 0 Å². The van der Waals surface area contributed by atoms with Crippen LogP contribution in [-0.2, 0) is 18.7 Å². The predicted molar refractivity (Wildman–Crippen MR) is 115 cm³/mol. The average molecular weight is 391 g/mol. The molecule has 1 N–H and O–H groups in total. The zero-order chi connectivity index (χ0) is 20.3. The summed E-state index contributed by atoms with van der Waals surface area (Å²) in [5.74, 6) is 0. The lowest BCUT2D eigenvalue weighted by molar-refractivity contribution is -0.0892. The molecule has 0 spiro atoms. The highest BCUT2D eigenvalue weighted by atomic mass is 16.3. The second-order valence-electron chi connectivity index (χ2n) is 8.29. The molecular formula is C24H30N4O. The maximum Gasteiger partial charge on any atom is 0.107 e. The van der Waals surface area contributed by atoms with Gasteiger partial charge in [0.05, 0.1) is 18.8 Å². The van der Waals surface area contributed by atoms with Crippen molar-refractivity contribution in [1.82, 2.24) is 19.6 Å². The Hall–Kier alpha value is -2.47. The second kappa shape index (κ2) is 8.49. The summed E-state index contributed by atoms with van der Waals surface area (Å²) < 4.78 is 2.00. The molecule has 0 unspecified atom stereocenters. The van der Waals surface area contributed by atoms with Gasteiger partial charge in [0.1, 0.15) is 5.60 Å². The SMILES string of the molecule is CN(C)[C@@H]1CN(Cc2cnn(Cc3ccccc3)c2)CC[C@]1(O)c1ccccc1. The Labute approximate surface area is 173 Å². The first kappa shape index (κ1) is 19.8. The molecule has 0 saturated carbocycles. The Bertz CT molecular complexity index is 909. The summed E-state index contributed by atoms with van der Waals surface area (Å²) in [4.78, 5) is 4.57. The maximum absolute atomic E-state index is 11.5. The summed E-state index contributed by atoms with van der Waals surface area (Å²) in [5.41, 5.74) is 2.65. The Kier molecular flexibility index (Phi) is 5.81. The number of benzene rings is 2. The molecule has 0 bridgehead atoms. The van der Waals surface area contributed by atoms with Crippen LogP contribution in [0.1, 0.15) is 23.1 Å². The fourth-order valence-electron chi connectivity index (χ4n) is 4.38. The van der Waals surface area contributed by atoms with E-state index in [2.05, 4.69) is 59.5 Å². The molecule has 1 saturated heterocycles. The Morgan fingerprint density at radius 3 is 2.38 bits per heavy atom. The van der Waals surface area contributed by atoms with Crippen LogP contribution in [0, 0.1) is 0 Å². The average Bonchev–Trinajstić information content (AvgIpc) is 3.17. The molecule has 0 radical (unpaired) electrons. The van der Waals surface area contributed by atoms with Crippen LogP contribution in [0.2, 0.25) is 0 Å². The highest BCUT2D eigenvalue weighted by Gasteiger charge is 2.43. The van der Waals surface area contributed by atoms with Crippen LogP contribution in [0.15, 0.2) is 73.1 Å². The summed E-state index contributed by atoms with van der Waals surface area (Å²) in [5, 5.41) is 16.1. The molecule has 4 rings (SSSR count). The molecule has 1 aromatic heterocycles. The molecule has 1 aliphatic rings. The zero-order valence-corrected chi connectivity index (χ0v) is 17.3. The van der Waals surface area contributed by atoms with E-state index >= 15 is 0 Å². The van der Waals surface area contributed by atoms with E-state index in [4.69, 9.17) is 0 Å². The minimum Gasteiger partial charge on any atom is -0.383 e. The van der Waals surface area contributed by atoms with Gasteiger partial charge in [0.2, 0.25) is 0 Å². The summed E-state index contributed by atoms with van der Waals surface area (Å²) in [6, 6.07) is 20.5. The zero-order valence-electron chi connectivity index (χ0n) is 17.3. The minimum atomic E-state index is -0.821. The molecule has 2 aromatic carbocycles. The van der Waals surface area contributed by atoms with Crippen molar-refractivity contribution >= 4 is 0 Å². The quantitative estimate of drug-likeness (QED) is 0.703. The van der Waals surface area contributed by atoms with Crippen molar-refractivity contribution < 1.29 is 5.11 Å². The molecule has 0 amide bonds. The first-order valence-corrected chi connectivity index (χ1v) is 10.3. The fraction of sp³-hybridized carbons (Fsp3) is 0.375. The van der Waals surface area contributed by atoms with Crippen molar-refractivity contribution in [1.29, 1.82) is 0 Å². The van der Waals surface area contributed by atoms with E-state index < -0.39 is 5.60 Å². The second-order valence-corrected chi connectivity index (χ2v) is 8.29. The topological polar surface area (TPSA) is 44.5 Å². The Morgan fingerprint density at radius 2 is 1.69 bits per heavy atom. The van der Waals surface area contributed by atoms with Crippen molar-refractivity contribution in [3.05, 3.63) is 89.7 Å². The van der Waals surface area contributed by atoms with Crippen molar-refractivity contribution in [2.45, 2.75) is 31.2 Å². The van der Waals surface area contributed by atoms with E-state index in [1.807, 2.05) is 47.3 Å². The molecule has 2 heterocycles. The highest BCUT2D eigenvalue weighted by molar-refractivity contribution is 5.26. The minimum absolute atomic E-state index is 0.0398. The normalized spacial score (nSPS) is 22.8. The number of hydrogen-bond acceptors (Lipinski definition) is 4. The summed E-state index contributed by atoms with van der Waals surface area (Å²) in [7, 11) is 4.11. The van der Waals surface area contributed by atoms with Gasteiger partial charge in [-0.3, -0.25) is 9.58 Å². The van der Waals surface area contributed by atoms with Crippen LogP contribution in [0.5, 0.6) is 0 Å². The van der Waals surface area contributed by atoms with Crippen LogP contribution >= 0.6 is 0 Å². The van der Waals surface area contributed by atoms with Crippen LogP contribution < -0.4 is 0 Å². The van der Waals surface area contributed by atoms with Gasteiger partial charge in [-0.25, -0.2) is 0 Å². The lowest BCUT2D eigenvalue weighted by atomic mass is 9.80. The van der Waals surface area contributed by atoms with Crippen molar-refractivity contribution in [2.24, 2.45) is 0 Å². The molecule has 1 fully saturated rings. The number of likely N-dealkylation sites (tertiary alicyclic amines) is 1. The van der Waals surface area contributed by atoms with E-state index in [1.54, 1.807) is 0 Å². The lowest BCUT2D eigenvalue weighted by Gasteiger charge is -2.47. The first-order chi connectivity index (χ1) is 14.0. The number of aliphatic hydroxyl groups is 1. The van der Waals surface area contributed by atoms with E-state index in [0.717, 1.165) is 38.2 Å². The number of nitrogens with zero attached hydrogens (tertiary/aromatic N) is 4. The van der Waals surface area contributed by atoms with Gasteiger partial charge in [0.25, 0.3) is 0 Å². The standard InChI is InChI=1S/C24H30N4O/c1-26(2)23-19-27(14-13-24(23,29)22-11-7-4-8-12-22)16-21-15-25-28(18-21)17-20-9-5-3-6-10-20/h3-12,15,18,23,29H,13-14,16-17,19H2,1-2H3/t23-,24+/m1/s1. The van der Waals surface area contributed by atoms with Gasteiger partial charge in [0, 0.05) is 31.4 Å². The smallest absolute Gasteiger partial charge is 0.107 e. The predicted octanol–water partition coefficient (Wildman–Crippen LogP) is 2.96. The lowest BCUT2D eigenvalue weighted by Crippen LogP contribution is -2.58. The maximum atomic E-state index is 11.5. The van der Waals surface area contributed by atoms with Crippen molar-refractivity contribution in [3.8, 4) is 0 Å². The third kappa shape index (κ3) is 4.42. The van der Waals surface area contributed by atoms with Crippen LogP contribution in [0.3, 0.4) is 0 Å². The highest BCUT2D eigenvalue weighted by Crippen LogP contribution is 2.35.